The molecule has 1 amide bonds. The largest absolute Gasteiger partial charge is 0.339 e. The van der Waals surface area contributed by atoms with Crippen molar-refractivity contribution >= 4 is 15.7 Å². The van der Waals surface area contributed by atoms with Crippen LogP contribution in [0.25, 0.3) is 0 Å². The van der Waals surface area contributed by atoms with Gasteiger partial charge >= 0.3 is 0 Å². The molecular weight excluding hydrogens is 264 g/mol. The fourth-order valence-corrected chi connectivity index (χ4v) is 3.59. The zero-order valence-electron chi connectivity index (χ0n) is 10.9. The van der Waals surface area contributed by atoms with E-state index in [9.17, 15) is 13.2 Å². The molecule has 1 aromatic rings. The highest BCUT2D eigenvalue weighted by Gasteiger charge is 2.25. The molecule has 5 nitrogen and oxygen atoms in total. The van der Waals surface area contributed by atoms with Crippen molar-refractivity contribution in [3.63, 3.8) is 0 Å². The zero-order chi connectivity index (χ0) is 13.9. The fraction of sp³-hybridized carbons (Fsp3) is 0.538. The number of amides is 1. The average Bonchev–Trinajstić information content (AvgIpc) is 2.38. The molecule has 0 aromatic carbocycles. The lowest BCUT2D eigenvalue weighted by molar-refractivity contribution is 0.0698. The lowest BCUT2D eigenvalue weighted by atomic mass is 9.98. The molecule has 0 radical (unpaired) electrons. The maximum Gasteiger partial charge on any atom is 0.255 e. The number of pyridine rings is 1. The van der Waals surface area contributed by atoms with Crippen LogP contribution in [-0.4, -0.2) is 49.3 Å². The summed E-state index contributed by atoms with van der Waals surface area (Å²) in [5.74, 6) is 0.376. The molecule has 1 fully saturated rings. The Morgan fingerprint density at radius 2 is 2.11 bits per heavy atom. The van der Waals surface area contributed by atoms with E-state index in [-0.39, 0.29) is 17.6 Å². The minimum absolute atomic E-state index is 0.0223. The third-order valence-electron chi connectivity index (χ3n) is 3.35. The Balaban J connectivity index is 1.92. The summed E-state index contributed by atoms with van der Waals surface area (Å²) >= 11 is 0. The highest BCUT2D eigenvalue weighted by Crippen LogP contribution is 2.20. The first kappa shape index (κ1) is 14.0. The van der Waals surface area contributed by atoms with Gasteiger partial charge in [-0.3, -0.25) is 9.78 Å². The van der Waals surface area contributed by atoms with E-state index in [1.165, 1.54) is 6.26 Å². The molecule has 1 aliphatic rings. The molecule has 0 bridgehead atoms. The predicted molar refractivity (Wildman–Crippen MR) is 72.6 cm³/mol. The van der Waals surface area contributed by atoms with Crippen LogP contribution in [0.15, 0.2) is 24.5 Å². The van der Waals surface area contributed by atoms with Gasteiger partial charge in [-0.15, -0.1) is 0 Å². The third kappa shape index (κ3) is 4.02. The number of hydrogen-bond donors (Lipinski definition) is 0. The van der Waals surface area contributed by atoms with Crippen molar-refractivity contribution in [3.8, 4) is 0 Å². The Labute approximate surface area is 113 Å². The van der Waals surface area contributed by atoms with E-state index in [0.29, 0.717) is 18.7 Å². The summed E-state index contributed by atoms with van der Waals surface area (Å²) in [7, 11) is -2.93. The van der Waals surface area contributed by atoms with E-state index < -0.39 is 9.84 Å². The minimum atomic E-state index is -2.93. The van der Waals surface area contributed by atoms with Crippen molar-refractivity contribution in [2.45, 2.75) is 12.8 Å². The monoisotopic (exact) mass is 282 g/mol. The Morgan fingerprint density at radius 1 is 1.42 bits per heavy atom. The number of piperidine rings is 1. The second-order valence-corrected chi connectivity index (χ2v) is 7.25. The van der Waals surface area contributed by atoms with E-state index >= 15 is 0 Å². The summed E-state index contributed by atoms with van der Waals surface area (Å²) in [6.45, 7) is 1.24. The number of hydrogen-bond acceptors (Lipinski definition) is 4. The second-order valence-electron chi connectivity index (χ2n) is 5.07. The number of carbonyl (C=O) groups is 1. The Kier molecular flexibility index (Phi) is 4.19. The molecule has 0 N–H and O–H groups in total. The first-order valence-corrected chi connectivity index (χ1v) is 8.39. The van der Waals surface area contributed by atoms with Crippen LogP contribution in [-0.2, 0) is 9.84 Å². The highest BCUT2D eigenvalue weighted by atomic mass is 32.2. The number of sulfone groups is 1. The number of rotatable bonds is 3. The van der Waals surface area contributed by atoms with Crippen molar-refractivity contribution in [3.05, 3.63) is 30.1 Å². The maximum absolute atomic E-state index is 12.2. The van der Waals surface area contributed by atoms with Gasteiger partial charge in [0.05, 0.1) is 11.3 Å². The molecule has 6 heteroatoms. The summed E-state index contributed by atoms with van der Waals surface area (Å²) < 4.78 is 22.5. The van der Waals surface area contributed by atoms with Crippen molar-refractivity contribution in [2.24, 2.45) is 5.92 Å². The normalized spacial score (nSPS) is 17.4. The van der Waals surface area contributed by atoms with E-state index in [1.807, 2.05) is 0 Å². The average molecular weight is 282 g/mol. The van der Waals surface area contributed by atoms with Crippen LogP contribution in [0.2, 0.25) is 0 Å². The third-order valence-corrected chi connectivity index (χ3v) is 4.43. The molecule has 2 rings (SSSR count). The summed E-state index contributed by atoms with van der Waals surface area (Å²) in [5, 5.41) is 0. The van der Waals surface area contributed by atoms with Crippen molar-refractivity contribution in [1.82, 2.24) is 9.88 Å². The van der Waals surface area contributed by atoms with E-state index in [4.69, 9.17) is 0 Å². The van der Waals surface area contributed by atoms with Gasteiger partial charge in [0, 0.05) is 31.7 Å². The van der Waals surface area contributed by atoms with Crippen molar-refractivity contribution in [2.75, 3.05) is 25.1 Å². The first-order chi connectivity index (χ1) is 8.96. The van der Waals surface area contributed by atoms with E-state index in [2.05, 4.69) is 4.98 Å². The standard InChI is InChI=1S/C13H18N2O3S/c1-19(17,18)10-11-4-7-15(8-5-11)13(16)12-3-2-6-14-9-12/h2-3,6,9,11H,4-5,7-8,10H2,1H3. The quantitative estimate of drug-likeness (QED) is 0.829. The van der Waals surface area contributed by atoms with Crippen LogP contribution in [0, 0.1) is 5.92 Å². The topological polar surface area (TPSA) is 67.3 Å². The van der Waals surface area contributed by atoms with E-state index in [1.54, 1.807) is 29.4 Å². The smallest absolute Gasteiger partial charge is 0.255 e. The Hall–Kier alpha value is -1.43. The van der Waals surface area contributed by atoms with Crippen LogP contribution >= 0.6 is 0 Å². The molecule has 19 heavy (non-hydrogen) atoms. The Bertz CT molecular complexity index is 534. The minimum Gasteiger partial charge on any atom is -0.339 e. The molecule has 0 spiro atoms. The summed E-state index contributed by atoms with van der Waals surface area (Å²) in [4.78, 5) is 17.9. The summed E-state index contributed by atoms with van der Waals surface area (Å²) in [5.41, 5.74) is 0.587. The number of carbonyl (C=O) groups excluding carboxylic acids is 1. The molecule has 104 valence electrons. The Morgan fingerprint density at radius 3 is 2.63 bits per heavy atom. The van der Waals surface area contributed by atoms with Crippen LogP contribution in [0.1, 0.15) is 23.2 Å². The van der Waals surface area contributed by atoms with Gasteiger partial charge in [0.15, 0.2) is 0 Å². The molecule has 1 aromatic heterocycles. The lowest BCUT2D eigenvalue weighted by Crippen LogP contribution is -2.39. The van der Waals surface area contributed by atoms with E-state index in [0.717, 1.165) is 12.8 Å². The lowest BCUT2D eigenvalue weighted by Gasteiger charge is -2.31. The molecule has 1 saturated heterocycles. The zero-order valence-corrected chi connectivity index (χ0v) is 11.8. The van der Waals surface area contributed by atoms with Gasteiger partial charge in [-0.25, -0.2) is 8.42 Å². The number of nitrogens with zero attached hydrogens (tertiary/aromatic N) is 2. The number of likely N-dealkylation sites (tertiary alicyclic amines) is 1. The molecule has 0 aliphatic carbocycles. The molecular formula is C13H18N2O3S. The van der Waals surface area contributed by atoms with Crippen molar-refractivity contribution in [1.29, 1.82) is 0 Å². The predicted octanol–water partition coefficient (Wildman–Crippen LogP) is 0.978. The number of aromatic nitrogens is 1. The van der Waals surface area contributed by atoms with Gasteiger partial charge in [0.1, 0.15) is 9.84 Å². The van der Waals surface area contributed by atoms with Crippen LogP contribution < -0.4 is 0 Å². The highest BCUT2D eigenvalue weighted by molar-refractivity contribution is 7.90. The van der Waals surface area contributed by atoms with Crippen molar-refractivity contribution < 1.29 is 13.2 Å². The molecule has 0 atom stereocenters. The molecule has 1 aliphatic heterocycles. The first-order valence-electron chi connectivity index (χ1n) is 6.33. The fourth-order valence-electron chi connectivity index (χ4n) is 2.40. The van der Waals surface area contributed by atoms with Gasteiger partial charge in [-0.05, 0) is 30.9 Å². The van der Waals surface area contributed by atoms with Gasteiger partial charge < -0.3 is 4.90 Å². The maximum atomic E-state index is 12.2. The SMILES string of the molecule is CS(=O)(=O)CC1CCN(C(=O)c2cccnc2)CC1. The summed E-state index contributed by atoms with van der Waals surface area (Å²) in [6.07, 6.45) is 5.96. The molecule has 0 saturated carbocycles. The van der Waals surface area contributed by atoms with Crippen LogP contribution in [0.5, 0.6) is 0 Å². The van der Waals surface area contributed by atoms with Crippen LogP contribution in [0.3, 0.4) is 0 Å². The van der Waals surface area contributed by atoms with Crippen LogP contribution in [0.4, 0.5) is 0 Å². The van der Waals surface area contributed by atoms with Gasteiger partial charge in [-0.1, -0.05) is 0 Å². The van der Waals surface area contributed by atoms with Gasteiger partial charge in [0.25, 0.3) is 5.91 Å². The van der Waals surface area contributed by atoms with Gasteiger partial charge in [0.2, 0.25) is 0 Å². The molecule has 0 unspecified atom stereocenters. The second kappa shape index (κ2) is 5.69. The summed E-state index contributed by atoms with van der Waals surface area (Å²) in [6, 6.07) is 3.49. The molecule has 2 heterocycles. The van der Waals surface area contributed by atoms with Gasteiger partial charge in [-0.2, -0.15) is 0 Å².